The average molecular weight is 350 g/mol. The van der Waals surface area contributed by atoms with E-state index >= 15 is 0 Å². The van der Waals surface area contributed by atoms with E-state index in [-0.39, 0.29) is 16.4 Å². The minimum absolute atomic E-state index is 0.0352. The normalized spacial score (nSPS) is 10.5. The van der Waals surface area contributed by atoms with E-state index in [0.717, 1.165) is 0 Å². The van der Waals surface area contributed by atoms with Crippen molar-refractivity contribution in [1.29, 1.82) is 0 Å². The van der Waals surface area contributed by atoms with Gasteiger partial charge in [-0.25, -0.2) is 4.79 Å². The molecule has 2 aromatic rings. The largest absolute Gasteiger partial charge is 0.507 e. The lowest BCUT2D eigenvalue weighted by molar-refractivity contribution is 0.0697. The molecular formula is C15H12ClN3O3S. The Kier molecular flexibility index (Phi) is 5.51. The van der Waals surface area contributed by atoms with Crippen molar-refractivity contribution in [1.82, 2.24) is 5.43 Å². The standard InChI is InChI=1S/C15H12ClN3O3S/c16-11-4-5-13(20)10(6-11)8-17-19-15(23)18-12-3-1-2-9(7-12)14(21)22/h1-8,20H,(H,21,22)(H2,18,19,23). The van der Waals surface area contributed by atoms with E-state index in [1.807, 2.05) is 0 Å². The monoisotopic (exact) mass is 349 g/mol. The van der Waals surface area contributed by atoms with Crippen LogP contribution >= 0.6 is 23.8 Å². The lowest BCUT2D eigenvalue weighted by atomic mass is 10.2. The molecule has 2 aromatic carbocycles. The minimum Gasteiger partial charge on any atom is -0.507 e. The fourth-order valence-electron chi connectivity index (χ4n) is 1.68. The summed E-state index contributed by atoms with van der Waals surface area (Å²) in [5, 5.41) is 25.9. The first-order chi connectivity index (χ1) is 11.0. The number of phenols is 1. The molecule has 118 valence electrons. The predicted molar refractivity (Wildman–Crippen MR) is 93.5 cm³/mol. The molecule has 2 rings (SSSR count). The molecule has 8 heteroatoms. The van der Waals surface area contributed by atoms with Gasteiger partial charge >= 0.3 is 5.97 Å². The SMILES string of the molecule is O=C(O)c1cccc(NC(=S)NN=Cc2cc(Cl)ccc2O)c1. The summed E-state index contributed by atoms with van der Waals surface area (Å²) in [6.45, 7) is 0. The maximum absolute atomic E-state index is 10.9. The summed E-state index contributed by atoms with van der Waals surface area (Å²) >= 11 is 10.9. The Bertz CT molecular complexity index is 780. The topological polar surface area (TPSA) is 94.0 Å². The van der Waals surface area contributed by atoms with Crippen LogP contribution in [0.4, 0.5) is 5.69 Å². The molecule has 0 bridgehead atoms. The van der Waals surface area contributed by atoms with Gasteiger partial charge in [-0.3, -0.25) is 5.43 Å². The molecule has 0 aliphatic heterocycles. The van der Waals surface area contributed by atoms with Crippen LogP contribution in [-0.2, 0) is 0 Å². The lowest BCUT2D eigenvalue weighted by Gasteiger charge is -2.07. The first-order valence-electron chi connectivity index (χ1n) is 6.37. The molecule has 0 aliphatic rings. The third-order valence-electron chi connectivity index (χ3n) is 2.73. The molecule has 4 N–H and O–H groups in total. The highest BCUT2D eigenvalue weighted by Crippen LogP contribution is 2.19. The highest BCUT2D eigenvalue weighted by molar-refractivity contribution is 7.80. The summed E-state index contributed by atoms with van der Waals surface area (Å²) in [5.74, 6) is -0.991. The number of hydrazone groups is 1. The van der Waals surface area contributed by atoms with Crippen LogP contribution in [0.25, 0.3) is 0 Å². The Balaban J connectivity index is 1.97. The lowest BCUT2D eigenvalue weighted by Crippen LogP contribution is -2.24. The third-order valence-corrected chi connectivity index (χ3v) is 3.16. The average Bonchev–Trinajstić information content (AvgIpc) is 2.51. The quantitative estimate of drug-likeness (QED) is 0.385. The van der Waals surface area contributed by atoms with E-state index in [1.165, 1.54) is 24.4 Å². The number of nitrogens with one attached hydrogen (secondary N) is 2. The molecule has 0 saturated carbocycles. The predicted octanol–water partition coefficient (Wildman–Crippen LogP) is 3.06. The van der Waals surface area contributed by atoms with Crippen molar-refractivity contribution in [3.05, 3.63) is 58.6 Å². The number of anilines is 1. The third kappa shape index (κ3) is 4.94. The van der Waals surface area contributed by atoms with Gasteiger partial charge in [0.1, 0.15) is 5.75 Å². The molecule has 6 nitrogen and oxygen atoms in total. The number of carboxylic acid groups (broad SMARTS) is 1. The first kappa shape index (κ1) is 16.7. The number of benzene rings is 2. The van der Waals surface area contributed by atoms with E-state index in [9.17, 15) is 9.90 Å². The summed E-state index contributed by atoms with van der Waals surface area (Å²) in [7, 11) is 0. The van der Waals surface area contributed by atoms with Gasteiger partial charge in [0.15, 0.2) is 5.11 Å². The summed E-state index contributed by atoms with van der Waals surface area (Å²) in [6, 6.07) is 10.8. The van der Waals surface area contributed by atoms with Crippen molar-refractivity contribution in [2.75, 3.05) is 5.32 Å². The Morgan fingerprint density at radius 3 is 2.78 bits per heavy atom. The molecule has 0 unspecified atom stereocenters. The zero-order chi connectivity index (χ0) is 16.8. The Labute approximate surface area is 142 Å². The van der Waals surface area contributed by atoms with Crippen molar-refractivity contribution in [3.63, 3.8) is 0 Å². The van der Waals surface area contributed by atoms with Gasteiger partial charge in [0.25, 0.3) is 0 Å². The number of phenolic OH excluding ortho intramolecular Hbond substituents is 1. The van der Waals surface area contributed by atoms with Crippen molar-refractivity contribution >= 4 is 46.8 Å². The Morgan fingerprint density at radius 1 is 1.26 bits per heavy atom. The number of halogens is 1. The zero-order valence-corrected chi connectivity index (χ0v) is 13.2. The van der Waals surface area contributed by atoms with Crippen molar-refractivity contribution < 1.29 is 15.0 Å². The van der Waals surface area contributed by atoms with Crippen LogP contribution in [0.2, 0.25) is 5.02 Å². The highest BCUT2D eigenvalue weighted by atomic mass is 35.5. The molecule has 0 atom stereocenters. The summed E-state index contributed by atoms with van der Waals surface area (Å²) in [6.07, 6.45) is 1.36. The Hall–Kier alpha value is -2.64. The van der Waals surface area contributed by atoms with Crippen LogP contribution in [0.15, 0.2) is 47.6 Å². The smallest absolute Gasteiger partial charge is 0.335 e. The maximum Gasteiger partial charge on any atom is 0.335 e. The molecule has 0 aromatic heterocycles. The molecule has 0 heterocycles. The van der Waals surface area contributed by atoms with Crippen LogP contribution in [0, 0.1) is 0 Å². The molecule has 0 saturated heterocycles. The van der Waals surface area contributed by atoms with Crippen LogP contribution in [0.5, 0.6) is 5.75 Å². The Morgan fingerprint density at radius 2 is 2.04 bits per heavy atom. The van der Waals surface area contributed by atoms with Gasteiger partial charge in [-0.05, 0) is 48.6 Å². The number of thiocarbonyl (C=S) groups is 1. The van der Waals surface area contributed by atoms with Crippen LogP contribution in [0.3, 0.4) is 0 Å². The van der Waals surface area contributed by atoms with Gasteiger partial charge in [0, 0.05) is 16.3 Å². The second kappa shape index (κ2) is 7.57. The molecule has 0 amide bonds. The molecule has 0 fully saturated rings. The van der Waals surface area contributed by atoms with Crippen molar-refractivity contribution in [2.45, 2.75) is 0 Å². The number of aromatic hydroxyl groups is 1. The number of carbonyl (C=O) groups is 1. The number of nitrogens with zero attached hydrogens (tertiary/aromatic N) is 1. The number of rotatable bonds is 4. The minimum atomic E-state index is -1.03. The number of hydrogen-bond donors (Lipinski definition) is 4. The molecule has 0 aliphatic carbocycles. The van der Waals surface area contributed by atoms with E-state index in [1.54, 1.807) is 24.3 Å². The molecule has 23 heavy (non-hydrogen) atoms. The van der Waals surface area contributed by atoms with E-state index in [0.29, 0.717) is 16.3 Å². The van der Waals surface area contributed by atoms with Crippen LogP contribution in [0.1, 0.15) is 15.9 Å². The van der Waals surface area contributed by atoms with E-state index < -0.39 is 5.97 Å². The van der Waals surface area contributed by atoms with Gasteiger partial charge in [-0.2, -0.15) is 5.10 Å². The number of aromatic carboxylic acids is 1. The van der Waals surface area contributed by atoms with Gasteiger partial charge in [-0.15, -0.1) is 0 Å². The van der Waals surface area contributed by atoms with E-state index in [2.05, 4.69) is 15.8 Å². The van der Waals surface area contributed by atoms with Gasteiger partial charge in [-0.1, -0.05) is 17.7 Å². The second-order valence-corrected chi connectivity index (χ2v) is 5.26. The zero-order valence-electron chi connectivity index (χ0n) is 11.7. The molecule has 0 radical (unpaired) electrons. The number of carboxylic acids is 1. The van der Waals surface area contributed by atoms with Crippen LogP contribution in [-0.4, -0.2) is 27.5 Å². The highest BCUT2D eigenvalue weighted by Gasteiger charge is 2.04. The summed E-state index contributed by atoms with van der Waals surface area (Å²) in [4.78, 5) is 10.9. The van der Waals surface area contributed by atoms with Gasteiger partial charge in [0.05, 0.1) is 11.8 Å². The van der Waals surface area contributed by atoms with Crippen molar-refractivity contribution in [3.8, 4) is 5.75 Å². The first-order valence-corrected chi connectivity index (χ1v) is 7.16. The van der Waals surface area contributed by atoms with Crippen LogP contribution < -0.4 is 10.7 Å². The summed E-state index contributed by atoms with van der Waals surface area (Å²) in [5.41, 5.74) is 3.65. The van der Waals surface area contributed by atoms with E-state index in [4.69, 9.17) is 28.9 Å². The fraction of sp³-hybridized carbons (Fsp3) is 0. The second-order valence-electron chi connectivity index (χ2n) is 4.41. The van der Waals surface area contributed by atoms with Gasteiger partial charge in [0.2, 0.25) is 0 Å². The summed E-state index contributed by atoms with van der Waals surface area (Å²) < 4.78 is 0. The number of hydrogen-bond acceptors (Lipinski definition) is 4. The van der Waals surface area contributed by atoms with Crippen molar-refractivity contribution in [2.24, 2.45) is 5.10 Å². The maximum atomic E-state index is 10.9. The fourth-order valence-corrected chi connectivity index (χ4v) is 2.03. The van der Waals surface area contributed by atoms with Gasteiger partial charge < -0.3 is 15.5 Å². The molecule has 0 spiro atoms. The molecular weight excluding hydrogens is 338 g/mol.